The van der Waals surface area contributed by atoms with Gasteiger partial charge in [-0.2, -0.15) is 0 Å². The molecule has 1 N–H and O–H groups in total. The fourth-order valence-corrected chi connectivity index (χ4v) is 5.57. The van der Waals surface area contributed by atoms with Gasteiger partial charge in [-0.05, 0) is 76.3 Å². The molecule has 2 nitrogen and oxygen atoms in total. The number of rotatable bonds is 4. The summed E-state index contributed by atoms with van der Waals surface area (Å²) in [4.78, 5) is 2.92. The highest BCUT2D eigenvalue weighted by atomic mass is 15.2. The van der Waals surface area contributed by atoms with Crippen molar-refractivity contribution in [1.29, 1.82) is 0 Å². The molecular weight excluding hydrogens is 256 g/mol. The minimum absolute atomic E-state index is 0.775. The van der Waals surface area contributed by atoms with Gasteiger partial charge < -0.3 is 5.32 Å². The molecule has 1 heterocycles. The van der Waals surface area contributed by atoms with Crippen LogP contribution in [0.2, 0.25) is 0 Å². The number of nitrogens with one attached hydrogen (secondary N) is 1. The van der Waals surface area contributed by atoms with Crippen molar-refractivity contribution < 1.29 is 0 Å². The first kappa shape index (κ1) is 15.8. The van der Waals surface area contributed by atoms with Crippen molar-refractivity contribution in [2.45, 2.75) is 83.2 Å². The largest absolute Gasteiger partial charge is 0.317 e. The number of piperidine rings is 1. The van der Waals surface area contributed by atoms with Crippen LogP contribution < -0.4 is 5.32 Å². The lowest BCUT2D eigenvalue weighted by molar-refractivity contribution is 0.0319. The van der Waals surface area contributed by atoms with Crippen LogP contribution in [0.25, 0.3) is 0 Å². The Bertz CT molecular complexity index is 315. The zero-order valence-electron chi connectivity index (χ0n) is 14.3. The Hall–Kier alpha value is -0.0800. The van der Waals surface area contributed by atoms with Gasteiger partial charge in [0.1, 0.15) is 0 Å². The van der Waals surface area contributed by atoms with E-state index in [-0.39, 0.29) is 0 Å². The van der Waals surface area contributed by atoms with Gasteiger partial charge in [0, 0.05) is 18.6 Å². The molecule has 0 amide bonds. The predicted octanol–water partition coefficient (Wildman–Crippen LogP) is 4.06. The molecule has 3 aliphatic rings. The van der Waals surface area contributed by atoms with Crippen LogP contribution in [0.3, 0.4) is 0 Å². The third-order valence-electron chi connectivity index (χ3n) is 6.87. The first-order valence-electron chi connectivity index (χ1n) is 9.73. The molecule has 21 heavy (non-hydrogen) atoms. The molecule has 3 rings (SSSR count). The quantitative estimate of drug-likeness (QED) is 0.841. The minimum Gasteiger partial charge on any atom is -0.317 e. The number of hydrogen-bond donors (Lipinski definition) is 1. The van der Waals surface area contributed by atoms with Gasteiger partial charge in [-0.1, -0.05) is 26.2 Å². The average Bonchev–Trinajstić information content (AvgIpc) is 2.55. The molecule has 2 aliphatic carbocycles. The van der Waals surface area contributed by atoms with Gasteiger partial charge in [-0.15, -0.1) is 0 Å². The van der Waals surface area contributed by atoms with E-state index in [1.165, 1.54) is 77.3 Å². The van der Waals surface area contributed by atoms with E-state index in [4.69, 9.17) is 0 Å². The van der Waals surface area contributed by atoms with Crippen LogP contribution in [-0.4, -0.2) is 37.1 Å². The first-order valence-corrected chi connectivity index (χ1v) is 9.73. The van der Waals surface area contributed by atoms with E-state index in [2.05, 4.69) is 24.2 Å². The van der Waals surface area contributed by atoms with Gasteiger partial charge in [-0.25, -0.2) is 0 Å². The standard InChI is InChI=1S/C19H36N2/c1-3-15-10-11-18(20-2)17(13-15)14-21-12-6-8-16-7-4-5-9-19(16)21/h15-20H,3-14H2,1-2H3/t15?,16-,17?,18?,19-/m1/s1. The molecule has 0 radical (unpaired) electrons. The molecule has 1 saturated heterocycles. The van der Waals surface area contributed by atoms with Gasteiger partial charge in [-0.3, -0.25) is 4.90 Å². The smallest absolute Gasteiger partial charge is 0.0124 e. The fraction of sp³-hybridized carbons (Fsp3) is 1.00. The van der Waals surface area contributed by atoms with E-state index in [1.807, 2.05) is 0 Å². The van der Waals surface area contributed by atoms with Crippen LogP contribution in [0, 0.1) is 17.8 Å². The fourth-order valence-electron chi connectivity index (χ4n) is 5.57. The zero-order chi connectivity index (χ0) is 14.7. The Kier molecular flexibility index (Phi) is 5.61. The zero-order valence-corrected chi connectivity index (χ0v) is 14.3. The van der Waals surface area contributed by atoms with Crippen molar-refractivity contribution >= 4 is 0 Å². The van der Waals surface area contributed by atoms with E-state index in [1.54, 1.807) is 0 Å². The molecule has 0 aromatic heterocycles. The molecular formula is C19H36N2. The van der Waals surface area contributed by atoms with Crippen molar-refractivity contribution in [3.63, 3.8) is 0 Å². The number of hydrogen-bond acceptors (Lipinski definition) is 2. The van der Waals surface area contributed by atoms with Crippen molar-refractivity contribution in [3.05, 3.63) is 0 Å². The first-order chi connectivity index (χ1) is 10.3. The second kappa shape index (κ2) is 7.46. The van der Waals surface area contributed by atoms with Crippen molar-refractivity contribution in [3.8, 4) is 0 Å². The Balaban J connectivity index is 1.62. The molecule has 0 aromatic carbocycles. The van der Waals surface area contributed by atoms with Crippen LogP contribution in [0.4, 0.5) is 0 Å². The molecule has 122 valence electrons. The summed E-state index contributed by atoms with van der Waals surface area (Å²) in [6, 6.07) is 1.71. The maximum Gasteiger partial charge on any atom is 0.0124 e. The average molecular weight is 293 g/mol. The lowest BCUT2D eigenvalue weighted by atomic mass is 9.74. The monoisotopic (exact) mass is 292 g/mol. The summed E-state index contributed by atoms with van der Waals surface area (Å²) in [5.74, 6) is 2.92. The summed E-state index contributed by atoms with van der Waals surface area (Å²) in [7, 11) is 2.18. The third-order valence-corrected chi connectivity index (χ3v) is 6.87. The number of likely N-dealkylation sites (tertiary alicyclic amines) is 1. The van der Waals surface area contributed by atoms with Gasteiger partial charge in [0.15, 0.2) is 0 Å². The lowest BCUT2D eigenvalue weighted by Crippen LogP contribution is -2.52. The summed E-state index contributed by atoms with van der Waals surface area (Å²) >= 11 is 0. The van der Waals surface area contributed by atoms with E-state index in [0.717, 1.165) is 29.8 Å². The Morgan fingerprint density at radius 2 is 1.81 bits per heavy atom. The molecule has 5 atom stereocenters. The van der Waals surface area contributed by atoms with Crippen molar-refractivity contribution in [1.82, 2.24) is 10.2 Å². The molecule has 3 fully saturated rings. The molecule has 0 bridgehead atoms. The van der Waals surface area contributed by atoms with Crippen LogP contribution in [0.1, 0.15) is 71.1 Å². The topological polar surface area (TPSA) is 15.3 Å². The second-order valence-corrected chi connectivity index (χ2v) is 7.99. The highest BCUT2D eigenvalue weighted by molar-refractivity contribution is 4.91. The molecule has 1 aliphatic heterocycles. The second-order valence-electron chi connectivity index (χ2n) is 7.99. The van der Waals surface area contributed by atoms with Crippen LogP contribution in [0.15, 0.2) is 0 Å². The van der Waals surface area contributed by atoms with E-state index < -0.39 is 0 Å². The van der Waals surface area contributed by atoms with Crippen molar-refractivity contribution in [2.75, 3.05) is 20.1 Å². The molecule has 0 aromatic rings. The predicted molar refractivity (Wildman–Crippen MR) is 90.5 cm³/mol. The summed E-state index contributed by atoms with van der Waals surface area (Å²) in [6.07, 6.45) is 14.7. The maximum absolute atomic E-state index is 3.63. The summed E-state index contributed by atoms with van der Waals surface area (Å²) < 4.78 is 0. The van der Waals surface area contributed by atoms with E-state index in [0.29, 0.717) is 0 Å². The van der Waals surface area contributed by atoms with Crippen LogP contribution in [-0.2, 0) is 0 Å². The van der Waals surface area contributed by atoms with Crippen LogP contribution in [0.5, 0.6) is 0 Å². The highest BCUT2D eigenvalue weighted by Gasteiger charge is 2.36. The Morgan fingerprint density at radius 1 is 1.00 bits per heavy atom. The minimum atomic E-state index is 0.775. The van der Waals surface area contributed by atoms with Gasteiger partial charge in [0.2, 0.25) is 0 Å². The summed E-state index contributed by atoms with van der Waals surface area (Å²) in [6.45, 7) is 5.15. The normalized spacial score (nSPS) is 41.7. The molecule has 0 spiro atoms. The molecule has 3 unspecified atom stereocenters. The van der Waals surface area contributed by atoms with E-state index >= 15 is 0 Å². The van der Waals surface area contributed by atoms with Gasteiger partial charge >= 0.3 is 0 Å². The highest BCUT2D eigenvalue weighted by Crippen LogP contribution is 2.38. The number of nitrogens with zero attached hydrogens (tertiary/aromatic N) is 1. The Morgan fingerprint density at radius 3 is 2.62 bits per heavy atom. The van der Waals surface area contributed by atoms with Crippen LogP contribution >= 0.6 is 0 Å². The molecule has 2 heteroatoms. The van der Waals surface area contributed by atoms with E-state index in [9.17, 15) is 0 Å². The Labute approximate surface area is 132 Å². The van der Waals surface area contributed by atoms with Gasteiger partial charge in [0.05, 0.1) is 0 Å². The third kappa shape index (κ3) is 3.64. The summed E-state index contributed by atoms with van der Waals surface area (Å²) in [5.41, 5.74) is 0. The van der Waals surface area contributed by atoms with Crippen molar-refractivity contribution in [2.24, 2.45) is 17.8 Å². The molecule has 2 saturated carbocycles. The lowest BCUT2D eigenvalue weighted by Gasteiger charge is -2.47. The summed E-state index contributed by atoms with van der Waals surface area (Å²) in [5, 5.41) is 3.63. The maximum atomic E-state index is 3.63. The SMILES string of the molecule is CCC1CCC(NC)C(CN2CCC[C@H]3CCCC[C@H]32)C1. The van der Waals surface area contributed by atoms with Gasteiger partial charge in [0.25, 0.3) is 0 Å². The number of fused-ring (bicyclic) bond motifs is 1.